The molecule has 0 spiro atoms. The van der Waals surface area contributed by atoms with Gasteiger partial charge in [-0.1, -0.05) is 0 Å². The Balaban J connectivity index is 1.53. The third-order valence-corrected chi connectivity index (χ3v) is 5.18. The Kier molecular flexibility index (Phi) is 3.27. The molecule has 3 aromatic rings. The molecule has 2 fully saturated rings. The van der Waals surface area contributed by atoms with Crippen molar-refractivity contribution in [3.05, 3.63) is 30.7 Å². The summed E-state index contributed by atoms with van der Waals surface area (Å²) in [5, 5.41) is 8.36. The molecular weight excluding hydrogens is 326 g/mol. The van der Waals surface area contributed by atoms with Gasteiger partial charge in [0.05, 0.1) is 11.9 Å². The van der Waals surface area contributed by atoms with Crippen LogP contribution in [0, 0.1) is 0 Å². The van der Waals surface area contributed by atoms with Crippen molar-refractivity contribution in [2.24, 2.45) is 0 Å². The predicted molar refractivity (Wildman–Crippen MR) is 90.7 cm³/mol. The second-order valence-corrected chi connectivity index (χ2v) is 6.80. The topological polar surface area (TPSA) is 61.8 Å². The van der Waals surface area contributed by atoms with E-state index >= 15 is 0 Å². The normalized spacial score (nSPS) is 23.1. The number of piperazine rings is 1. The molecule has 2 saturated heterocycles. The van der Waals surface area contributed by atoms with Crippen LogP contribution >= 0.6 is 0 Å². The molecular formula is C17H18F2N6. The zero-order valence-electron chi connectivity index (χ0n) is 13.5. The number of nitrogens with one attached hydrogen (secondary N) is 2. The number of hydrogen-bond acceptors (Lipinski definition) is 4. The number of H-pyrrole nitrogens is 1. The number of aromatic nitrogens is 4. The van der Waals surface area contributed by atoms with Gasteiger partial charge in [-0.3, -0.25) is 0 Å². The number of rotatable bonds is 3. The smallest absolute Gasteiger partial charge is 0.333 e. The Labute approximate surface area is 142 Å². The Bertz CT molecular complexity index is 905. The fraction of sp³-hybridized carbons (Fsp3) is 0.412. The van der Waals surface area contributed by atoms with Crippen LogP contribution in [0.1, 0.15) is 19.4 Å². The van der Waals surface area contributed by atoms with Crippen molar-refractivity contribution in [2.45, 2.75) is 31.5 Å². The van der Waals surface area contributed by atoms with E-state index in [0.29, 0.717) is 22.3 Å². The van der Waals surface area contributed by atoms with E-state index in [9.17, 15) is 8.78 Å². The lowest BCUT2D eigenvalue weighted by molar-refractivity contribution is 0.0566. The van der Waals surface area contributed by atoms with Gasteiger partial charge in [0.25, 0.3) is 0 Å². The van der Waals surface area contributed by atoms with Gasteiger partial charge in [0.1, 0.15) is 5.65 Å². The van der Waals surface area contributed by atoms with Crippen LogP contribution in [0.15, 0.2) is 30.7 Å². The molecule has 2 N–H and O–H groups in total. The van der Waals surface area contributed by atoms with Gasteiger partial charge in [-0.15, -0.1) is 0 Å². The van der Waals surface area contributed by atoms with Gasteiger partial charge in [0, 0.05) is 54.2 Å². The second kappa shape index (κ2) is 5.52. The van der Waals surface area contributed by atoms with Crippen LogP contribution in [0.2, 0.25) is 0 Å². The molecule has 0 aromatic carbocycles. The first-order valence-electron chi connectivity index (χ1n) is 8.49. The molecule has 5 rings (SSSR count). The number of anilines is 1. The zero-order valence-corrected chi connectivity index (χ0v) is 13.5. The van der Waals surface area contributed by atoms with E-state index in [1.807, 2.05) is 12.1 Å². The van der Waals surface area contributed by atoms with Gasteiger partial charge in [-0.25, -0.2) is 9.67 Å². The van der Waals surface area contributed by atoms with Crippen molar-refractivity contribution >= 4 is 16.7 Å². The molecule has 2 aliphatic heterocycles. The predicted octanol–water partition coefficient (Wildman–Crippen LogP) is 2.76. The van der Waals surface area contributed by atoms with Gasteiger partial charge >= 0.3 is 6.55 Å². The van der Waals surface area contributed by atoms with E-state index in [1.165, 1.54) is 25.2 Å². The quantitative estimate of drug-likeness (QED) is 0.767. The first kappa shape index (κ1) is 14.8. The average Bonchev–Trinajstić information content (AvgIpc) is 3.31. The number of fused-ring (bicyclic) bond motifs is 3. The first-order valence-corrected chi connectivity index (χ1v) is 8.49. The number of halogens is 2. The summed E-state index contributed by atoms with van der Waals surface area (Å²) in [6.07, 6.45) is 7.04. The summed E-state index contributed by atoms with van der Waals surface area (Å²) < 4.78 is 26.2. The van der Waals surface area contributed by atoms with E-state index in [2.05, 4.69) is 25.3 Å². The maximum atomic E-state index is 12.8. The van der Waals surface area contributed by atoms with Crippen molar-refractivity contribution in [2.75, 3.05) is 18.0 Å². The van der Waals surface area contributed by atoms with Gasteiger partial charge in [0.2, 0.25) is 0 Å². The number of alkyl halides is 2. The molecule has 25 heavy (non-hydrogen) atoms. The SMILES string of the molecule is FC(F)n1cc(-c2cc3c(N4CC5CCC(C4)N5)ccnc3[nH]2)cn1. The third kappa shape index (κ3) is 2.48. The standard InChI is InChI=1S/C17H18F2N6/c18-17(19)25-7-10(6-21-25)14-5-13-15(3-4-20-16(13)23-14)24-8-11-1-2-12(9-24)22-11/h3-7,11-12,17,22H,1-2,8-9H2,(H,20,23). The maximum absolute atomic E-state index is 12.8. The van der Waals surface area contributed by atoms with Crippen molar-refractivity contribution in [3.8, 4) is 11.3 Å². The van der Waals surface area contributed by atoms with Crippen LogP contribution in [0.25, 0.3) is 22.3 Å². The highest BCUT2D eigenvalue weighted by molar-refractivity contribution is 5.93. The van der Waals surface area contributed by atoms with E-state index in [4.69, 9.17) is 0 Å². The fourth-order valence-electron chi connectivity index (χ4n) is 4.02. The number of hydrogen-bond donors (Lipinski definition) is 2. The summed E-state index contributed by atoms with van der Waals surface area (Å²) in [5.74, 6) is 0. The molecule has 0 saturated carbocycles. The van der Waals surface area contributed by atoms with E-state index in [0.717, 1.165) is 35.5 Å². The Morgan fingerprint density at radius 3 is 2.72 bits per heavy atom. The van der Waals surface area contributed by atoms with Crippen LogP contribution in [0.4, 0.5) is 14.5 Å². The summed E-state index contributed by atoms with van der Waals surface area (Å²) >= 11 is 0. The summed E-state index contributed by atoms with van der Waals surface area (Å²) in [4.78, 5) is 10.0. The molecule has 0 amide bonds. The first-order chi connectivity index (χ1) is 12.2. The van der Waals surface area contributed by atoms with Gasteiger partial charge in [0.15, 0.2) is 0 Å². The lowest BCUT2D eigenvalue weighted by atomic mass is 10.1. The van der Waals surface area contributed by atoms with E-state index in [-0.39, 0.29) is 0 Å². The molecule has 8 heteroatoms. The monoisotopic (exact) mass is 344 g/mol. The zero-order chi connectivity index (χ0) is 17.0. The summed E-state index contributed by atoms with van der Waals surface area (Å²) in [7, 11) is 0. The average molecular weight is 344 g/mol. The van der Waals surface area contributed by atoms with Crippen molar-refractivity contribution in [3.63, 3.8) is 0 Å². The minimum absolute atomic E-state index is 0.546. The highest BCUT2D eigenvalue weighted by atomic mass is 19.3. The Morgan fingerprint density at radius 1 is 1.20 bits per heavy atom. The van der Waals surface area contributed by atoms with Gasteiger partial charge in [-0.2, -0.15) is 13.9 Å². The molecule has 130 valence electrons. The molecule has 2 atom stereocenters. The van der Waals surface area contributed by atoms with E-state index < -0.39 is 6.55 Å². The van der Waals surface area contributed by atoms with Crippen molar-refractivity contribution in [1.82, 2.24) is 25.1 Å². The van der Waals surface area contributed by atoms with Gasteiger partial charge < -0.3 is 15.2 Å². The number of aromatic amines is 1. The fourth-order valence-corrected chi connectivity index (χ4v) is 4.02. The Morgan fingerprint density at radius 2 is 2.00 bits per heavy atom. The Hall–Kier alpha value is -2.48. The highest BCUT2D eigenvalue weighted by Crippen LogP contribution is 2.33. The summed E-state index contributed by atoms with van der Waals surface area (Å²) in [6, 6.07) is 5.11. The van der Waals surface area contributed by atoms with E-state index in [1.54, 1.807) is 6.20 Å². The molecule has 0 aliphatic carbocycles. The molecule has 6 nitrogen and oxygen atoms in total. The molecule has 2 unspecified atom stereocenters. The van der Waals surface area contributed by atoms with Crippen molar-refractivity contribution < 1.29 is 8.78 Å². The maximum Gasteiger partial charge on any atom is 0.333 e. The number of nitrogens with zero attached hydrogens (tertiary/aromatic N) is 4. The second-order valence-electron chi connectivity index (χ2n) is 6.80. The summed E-state index contributed by atoms with van der Waals surface area (Å²) in [6.45, 7) is -0.665. The lowest BCUT2D eigenvalue weighted by Gasteiger charge is -2.34. The largest absolute Gasteiger partial charge is 0.368 e. The molecule has 2 aliphatic rings. The van der Waals surface area contributed by atoms with Crippen LogP contribution in [-0.2, 0) is 0 Å². The summed E-state index contributed by atoms with van der Waals surface area (Å²) in [5.41, 5.74) is 3.29. The van der Waals surface area contributed by atoms with Gasteiger partial charge in [-0.05, 0) is 25.0 Å². The molecule has 5 heterocycles. The van der Waals surface area contributed by atoms with Crippen LogP contribution in [0.3, 0.4) is 0 Å². The highest BCUT2D eigenvalue weighted by Gasteiger charge is 2.32. The minimum atomic E-state index is -2.64. The third-order valence-electron chi connectivity index (χ3n) is 5.18. The lowest BCUT2D eigenvalue weighted by Crippen LogP contribution is -2.51. The molecule has 0 radical (unpaired) electrons. The van der Waals surface area contributed by atoms with Crippen LogP contribution in [0.5, 0.6) is 0 Å². The molecule has 2 bridgehead atoms. The van der Waals surface area contributed by atoms with Crippen molar-refractivity contribution in [1.29, 1.82) is 0 Å². The molecule has 3 aromatic heterocycles. The van der Waals surface area contributed by atoms with Crippen LogP contribution < -0.4 is 10.2 Å². The van der Waals surface area contributed by atoms with Crippen LogP contribution in [-0.4, -0.2) is 44.9 Å². The number of pyridine rings is 1. The minimum Gasteiger partial charge on any atom is -0.368 e.